The summed E-state index contributed by atoms with van der Waals surface area (Å²) >= 11 is 5.98. The van der Waals surface area contributed by atoms with E-state index in [0.717, 1.165) is 18.5 Å². The zero-order valence-electron chi connectivity index (χ0n) is 8.44. The molecule has 1 aliphatic rings. The molecular formula is C11H10ClN3O. The Balaban J connectivity index is 2.45. The molecule has 0 fully saturated rings. The predicted molar refractivity (Wildman–Crippen MR) is 65.8 cm³/mol. The molecule has 0 radical (unpaired) electrons. The first-order chi connectivity index (χ1) is 7.68. The second kappa shape index (κ2) is 3.15. The average molecular weight is 236 g/mol. The van der Waals surface area contributed by atoms with Gasteiger partial charge in [-0.15, -0.1) is 0 Å². The molecule has 0 amide bonds. The Morgan fingerprint density at radius 3 is 3.06 bits per heavy atom. The van der Waals surface area contributed by atoms with Crippen LogP contribution in [0.3, 0.4) is 0 Å². The fourth-order valence-corrected chi connectivity index (χ4v) is 2.21. The number of nitrogens with two attached hydrogens (primary N) is 1. The van der Waals surface area contributed by atoms with Gasteiger partial charge in [-0.3, -0.25) is 0 Å². The van der Waals surface area contributed by atoms with Gasteiger partial charge in [-0.1, -0.05) is 11.6 Å². The minimum Gasteiger partial charge on any atom is -0.504 e. The molecular weight excluding hydrogens is 226 g/mol. The van der Waals surface area contributed by atoms with E-state index in [1.54, 1.807) is 18.3 Å². The van der Waals surface area contributed by atoms with Gasteiger partial charge in [0.1, 0.15) is 0 Å². The van der Waals surface area contributed by atoms with Crippen LogP contribution >= 0.6 is 11.6 Å². The first kappa shape index (κ1) is 9.54. The van der Waals surface area contributed by atoms with Gasteiger partial charge in [-0.2, -0.15) is 0 Å². The minimum absolute atomic E-state index is 0.175. The number of nitrogens with zero attached hydrogens (tertiary/aromatic N) is 2. The Labute approximate surface area is 97.0 Å². The predicted octanol–water partition coefficient (Wildman–Crippen LogP) is 2.69. The molecule has 2 aromatic rings. The molecule has 0 aliphatic carbocycles. The van der Waals surface area contributed by atoms with Crippen molar-refractivity contribution in [2.45, 2.75) is 13.0 Å². The van der Waals surface area contributed by atoms with Gasteiger partial charge in [0.2, 0.25) is 0 Å². The quantitative estimate of drug-likeness (QED) is 0.690. The topological polar surface area (TPSA) is 63.5 Å². The molecule has 16 heavy (non-hydrogen) atoms. The van der Waals surface area contributed by atoms with E-state index in [2.05, 4.69) is 4.99 Å². The lowest BCUT2D eigenvalue weighted by Gasteiger charge is -2.09. The molecule has 3 N–H and O–H groups in total. The van der Waals surface area contributed by atoms with Crippen molar-refractivity contribution in [3.63, 3.8) is 0 Å². The Morgan fingerprint density at radius 2 is 2.25 bits per heavy atom. The fourth-order valence-electron chi connectivity index (χ4n) is 2.05. The van der Waals surface area contributed by atoms with E-state index in [0.29, 0.717) is 21.9 Å². The summed E-state index contributed by atoms with van der Waals surface area (Å²) in [5.74, 6) is 0.761. The van der Waals surface area contributed by atoms with Crippen molar-refractivity contribution in [2.75, 3.05) is 5.73 Å². The van der Waals surface area contributed by atoms with Crippen molar-refractivity contribution >= 4 is 40.2 Å². The highest BCUT2D eigenvalue weighted by Gasteiger charge is 2.18. The SMILES string of the molecule is Nc1cc2c(O)c3n(c2cc1Cl)CCC=N3. The number of aliphatic imine (C=N–C) groups is 1. The highest BCUT2D eigenvalue weighted by Crippen LogP contribution is 2.42. The number of aromatic nitrogens is 1. The van der Waals surface area contributed by atoms with Gasteiger partial charge in [0.25, 0.3) is 0 Å². The van der Waals surface area contributed by atoms with Gasteiger partial charge in [0.05, 0.1) is 16.2 Å². The first-order valence-electron chi connectivity index (χ1n) is 5.01. The van der Waals surface area contributed by atoms with E-state index in [1.165, 1.54) is 0 Å². The van der Waals surface area contributed by atoms with E-state index in [9.17, 15) is 5.11 Å². The van der Waals surface area contributed by atoms with Gasteiger partial charge in [-0.25, -0.2) is 4.99 Å². The van der Waals surface area contributed by atoms with Crippen LogP contribution in [0.15, 0.2) is 17.1 Å². The highest BCUT2D eigenvalue weighted by atomic mass is 35.5. The zero-order valence-corrected chi connectivity index (χ0v) is 9.20. The Morgan fingerprint density at radius 1 is 1.44 bits per heavy atom. The van der Waals surface area contributed by atoms with Gasteiger partial charge in [0, 0.05) is 24.6 Å². The van der Waals surface area contributed by atoms with Crippen LogP contribution in [0.4, 0.5) is 11.5 Å². The van der Waals surface area contributed by atoms with Gasteiger partial charge in [0.15, 0.2) is 11.6 Å². The third-order valence-electron chi connectivity index (χ3n) is 2.82. The molecule has 0 saturated carbocycles. The molecule has 0 saturated heterocycles. The van der Waals surface area contributed by atoms with Gasteiger partial charge < -0.3 is 15.4 Å². The van der Waals surface area contributed by atoms with Crippen LogP contribution in [0.1, 0.15) is 6.42 Å². The summed E-state index contributed by atoms with van der Waals surface area (Å²) in [5, 5.41) is 11.2. The summed E-state index contributed by atoms with van der Waals surface area (Å²) < 4.78 is 1.95. The van der Waals surface area contributed by atoms with Crippen LogP contribution in [0, 0.1) is 0 Å². The molecule has 0 spiro atoms. The summed E-state index contributed by atoms with van der Waals surface area (Å²) in [6.45, 7) is 0.802. The lowest BCUT2D eigenvalue weighted by molar-refractivity contribution is 0.480. The van der Waals surface area contributed by atoms with Crippen LogP contribution in [-0.2, 0) is 6.54 Å². The second-order valence-electron chi connectivity index (χ2n) is 3.82. The molecule has 0 atom stereocenters. The molecule has 1 aromatic carbocycles. The lowest BCUT2D eigenvalue weighted by atomic mass is 10.2. The summed E-state index contributed by atoms with van der Waals surface area (Å²) in [4.78, 5) is 4.19. The third kappa shape index (κ3) is 1.13. The normalized spacial score (nSPS) is 14.3. The Bertz CT molecular complexity index is 615. The average Bonchev–Trinajstić information content (AvgIpc) is 2.55. The number of hydrogen-bond donors (Lipinski definition) is 2. The third-order valence-corrected chi connectivity index (χ3v) is 3.15. The highest BCUT2D eigenvalue weighted by molar-refractivity contribution is 6.34. The van der Waals surface area contributed by atoms with Crippen molar-refractivity contribution in [3.8, 4) is 5.75 Å². The van der Waals surface area contributed by atoms with E-state index in [1.807, 2.05) is 4.57 Å². The zero-order chi connectivity index (χ0) is 11.3. The molecule has 2 heterocycles. The van der Waals surface area contributed by atoms with Crippen LogP contribution in [-0.4, -0.2) is 15.9 Å². The number of anilines is 1. The van der Waals surface area contributed by atoms with Crippen LogP contribution in [0.25, 0.3) is 10.9 Å². The number of halogens is 1. The van der Waals surface area contributed by atoms with Crippen LogP contribution in [0.5, 0.6) is 5.75 Å². The first-order valence-corrected chi connectivity index (χ1v) is 5.39. The van der Waals surface area contributed by atoms with E-state index >= 15 is 0 Å². The number of aromatic hydroxyl groups is 1. The summed E-state index contributed by atoms with van der Waals surface area (Å²) in [7, 11) is 0. The number of benzene rings is 1. The summed E-state index contributed by atoms with van der Waals surface area (Å²) in [5.41, 5.74) is 7.07. The standard InChI is InChI=1S/C11H10ClN3O/c12-7-5-9-6(4-8(7)13)10(16)11-14-2-1-3-15(9)11/h2,4-5,16H,1,3,13H2. The number of nitrogen functional groups attached to an aromatic ring is 1. The van der Waals surface area contributed by atoms with Gasteiger partial charge >= 0.3 is 0 Å². The number of rotatable bonds is 0. The fraction of sp³-hybridized carbons (Fsp3) is 0.182. The lowest BCUT2D eigenvalue weighted by Crippen LogP contribution is -2.02. The molecule has 1 aliphatic heterocycles. The molecule has 3 rings (SSSR count). The Hall–Kier alpha value is -1.68. The second-order valence-corrected chi connectivity index (χ2v) is 4.22. The molecule has 82 valence electrons. The van der Waals surface area contributed by atoms with Crippen molar-refractivity contribution in [1.29, 1.82) is 0 Å². The van der Waals surface area contributed by atoms with Gasteiger partial charge in [-0.05, 0) is 12.1 Å². The largest absolute Gasteiger partial charge is 0.504 e. The van der Waals surface area contributed by atoms with Crippen LogP contribution in [0.2, 0.25) is 5.02 Å². The molecule has 0 unspecified atom stereocenters. The van der Waals surface area contributed by atoms with Crippen LogP contribution < -0.4 is 5.73 Å². The minimum atomic E-state index is 0.175. The Kier molecular flexibility index (Phi) is 1.88. The molecule has 0 bridgehead atoms. The molecule has 4 nitrogen and oxygen atoms in total. The smallest absolute Gasteiger partial charge is 0.176 e. The summed E-state index contributed by atoms with van der Waals surface area (Å²) in [6, 6.07) is 3.46. The number of fused-ring (bicyclic) bond motifs is 3. The summed E-state index contributed by atoms with van der Waals surface area (Å²) in [6.07, 6.45) is 2.66. The van der Waals surface area contributed by atoms with E-state index in [-0.39, 0.29) is 5.75 Å². The monoisotopic (exact) mass is 235 g/mol. The molecule has 5 heteroatoms. The number of aryl methyl sites for hydroxylation is 1. The van der Waals surface area contributed by atoms with Crippen molar-refractivity contribution in [3.05, 3.63) is 17.2 Å². The maximum Gasteiger partial charge on any atom is 0.176 e. The van der Waals surface area contributed by atoms with Crippen molar-refractivity contribution < 1.29 is 5.11 Å². The maximum absolute atomic E-state index is 10.0. The number of hydrogen-bond acceptors (Lipinski definition) is 3. The van der Waals surface area contributed by atoms with E-state index in [4.69, 9.17) is 17.3 Å². The van der Waals surface area contributed by atoms with Crippen molar-refractivity contribution in [2.24, 2.45) is 4.99 Å². The van der Waals surface area contributed by atoms with E-state index < -0.39 is 0 Å². The van der Waals surface area contributed by atoms with Crippen molar-refractivity contribution in [1.82, 2.24) is 4.57 Å². The molecule has 1 aromatic heterocycles. The maximum atomic E-state index is 10.0.